The average molecular weight is 432 g/mol. The summed E-state index contributed by atoms with van der Waals surface area (Å²) < 4.78 is 139. The first kappa shape index (κ1) is 28.8. The molecule has 2 fully saturated rings. The predicted octanol–water partition coefficient (Wildman–Crippen LogP) is -0.420. The Hall–Kier alpha value is 2.56. The third-order valence-electron chi connectivity index (χ3n) is 3.49. The minimum Gasteiger partial charge on any atom is -0.449 e. The van der Waals surface area contributed by atoms with Crippen molar-refractivity contribution < 1.29 is 155 Å². The Kier molecular flexibility index (Phi) is 11.2. The summed E-state index contributed by atoms with van der Waals surface area (Å²) in [7, 11) is 0. The molecule has 0 N–H and O–H groups in total. The average Bonchev–Trinajstić information content (AvgIpc) is 3.07. The Morgan fingerprint density at radius 3 is 0.792 bits per heavy atom. The Morgan fingerprint density at radius 2 is 0.750 bits per heavy atom. The topological polar surface area (TPSA) is 0 Å². The zero-order chi connectivity index (χ0) is 17.7. The van der Waals surface area contributed by atoms with Gasteiger partial charge in [-0.25, -0.2) is 0 Å². The molecule has 24 heavy (non-hydrogen) atoms. The van der Waals surface area contributed by atoms with Gasteiger partial charge in [-0.15, -0.1) is 0 Å². The van der Waals surface area contributed by atoms with Gasteiger partial charge in [-0.2, -0.15) is 26.3 Å². The molecule has 0 aromatic carbocycles. The Balaban J connectivity index is 0. The summed E-state index contributed by atoms with van der Waals surface area (Å²) in [5, 5.41) is 0. The van der Waals surface area contributed by atoms with E-state index in [-0.39, 0.29) is 103 Å². The molecule has 0 unspecified atom stereocenters. The van der Waals surface area contributed by atoms with E-state index < -0.39 is 62.6 Å². The van der Waals surface area contributed by atoms with E-state index in [0.717, 1.165) is 0 Å². The summed E-state index contributed by atoms with van der Waals surface area (Å²) in [5.41, 5.74) is 0. The minimum absolute atomic E-state index is 0. The fourth-order valence-electron chi connectivity index (χ4n) is 2.02. The van der Waals surface area contributed by atoms with Gasteiger partial charge in [0.25, 0.3) is 0 Å². The molecule has 0 aromatic heterocycles. The van der Waals surface area contributed by atoms with Crippen LogP contribution in [-0.4, -0.2) is 26.3 Å². The van der Waals surface area contributed by atoms with Crippen LogP contribution in [0.1, 0.15) is 12.8 Å². The van der Waals surface area contributed by atoms with Crippen LogP contribution >= 0.6 is 0 Å². The second-order valence-corrected chi connectivity index (χ2v) is 5.35. The third-order valence-corrected chi connectivity index (χ3v) is 3.49. The number of alkyl halides is 6. The molecule has 0 amide bonds. The molecule has 0 aromatic rings. The first-order valence-electron chi connectivity index (χ1n) is 5.99. The van der Waals surface area contributed by atoms with Crippen LogP contribution < -0.4 is 103 Å². The van der Waals surface area contributed by atoms with Crippen molar-refractivity contribution in [3.8, 4) is 0 Å². The molecule has 0 radical (unpaired) electrons. The Labute approximate surface area is 214 Å². The van der Waals surface area contributed by atoms with Gasteiger partial charge >= 0.3 is 129 Å². The molecule has 2 rings (SSSR count). The van der Waals surface area contributed by atoms with Crippen LogP contribution in [0.4, 0.5) is 52.2 Å². The van der Waals surface area contributed by atoms with Crippen molar-refractivity contribution in [3.63, 3.8) is 0 Å². The van der Waals surface area contributed by atoms with Gasteiger partial charge in [-0.3, -0.25) is 0 Å². The third kappa shape index (κ3) is 9.17. The Morgan fingerprint density at radius 1 is 0.542 bits per heavy atom. The summed E-state index contributed by atoms with van der Waals surface area (Å²) in [5.74, 6) is -8.42. The normalized spacial score (nSPS) is 29.5. The summed E-state index contributed by atoms with van der Waals surface area (Å²) >= 11 is 0. The molecule has 0 saturated heterocycles. The maximum Gasteiger partial charge on any atom is 1.00 e. The van der Waals surface area contributed by atoms with E-state index in [9.17, 15) is 52.2 Å². The minimum atomic E-state index is -5.28. The van der Waals surface area contributed by atoms with Gasteiger partial charge in [0, 0.05) is 11.8 Å². The van der Waals surface area contributed by atoms with Crippen LogP contribution in [0.15, 0.2) is 0 Å². The van der Waals surface area contributed by atoms with Gasteiger partial charge in [0.2, 0.25) is 0 Å². The predicted molar refractivity (Wildman–Crippen MR) is 54.0 cm³/mol. The molecule has 0 nitrogen and oxygen atoms in total. The van der Waals surface area contributed by atoms with Crippen LogP contribution in [0.2, 0.25) is 11.6 Å². The van der Waals surface area contributed by atoms with E-state index >= 15 is 0 Å². The molecular formula is C8H8B2F12K2. The van der Waals surface area contributed by atoms with Gasteiger partial charge < -0.3 is 25.9 Å². The molecule has 132 valence electrons. The molecule has 2 aliphatic carbocycles. The molecule has 4 atom stereocenters. The molecule has 2 aliphatic rings. The standard InChI is InChI=1S/2C4H4BF6.2K/c2*6-4(7,8)2-1-3(2)5(9,10)11;;/h2*2-3H,1H2;;/q2*-1;2*+1/t2*2-,3-;;/m10../s1. The second kappa shape index (κ2) is 9.37. The van der Waals surface area contributed by atoms with Crippen LogP contribution in [0.5, 0.6) is 0 Å². The summed E-state index contributed by atoms with van der Waals surface area (Å²) in [6, 6.07) is 0. The van der Waals surface area contributed by atoms with Crippen LogP contribution in [0, 0.1) is 11.8 Å². The molecule has 2 saturated carbocycles. The first-order chi connectivity index (χ1) is 9.45. The molecule has 0 aliphatic heterocycles. The van der Waals surface area contributed by atoms with Crippen molar-refractivity contribution >= 4 is 14.0 Å². The molecular weight excluding hydrogens is 424 g/mol. The van der Waals surface area contributed by atoms with Gasteiger partial charge in [0.05, 0.1) is 0 Å². The largest absolute Gasteiger partial charge is 1.00 e. The monoisotopic (exact) mass is 432 g/mol. The summed E-state index contributed by atoms with van der Waals surface area (Å²) in [6.45, 7) is -10.6. The van der Waals surface area contributed by atoms with Crippen molar-refractivity contribution in [3.05, 3.63) is 0 Å². The zero-order valence-electron chi connectivity index (χ0n) is 12.4. The van der Waals surface area contributed by atoms with Crippen molar-refractivity contribution in [1.29, 1.82) is 0 Å². The van der Waals surface area contributed by atoms with Crippen LogP contribution in [0.25, 0.3) is 0 Å². The van der Waals surface area contributed by atoms with E-state index in [4.69, 9.17) is 0 Å². The number of rotatable bonds is 2. The summed E-state index contributed by atoms with van der Waals surface area (Å²) in [4.78, 5) is 0. The van der Waals surface area contributed by atoms with Crippen molar-refractivity contribution in [1.82, 2.24) is 0 Å². The van der Waals surface area contributed by atoms with E-state index in [1.165, 1.54) is 0 Å². The van der Waals surface area contributed by atoms with E-state index in [0.29, 0.717) is 0 Å². The van der Waals surface area contributed by atoms with Gasteiger partial charge in [-0.1, -0.05) is 24.5 Å². The van der Waals surface area contributed by atoms with E-state index in [1.807, 2.05) is 0 Å². The zero-order valence-corrected chi connectivity index (χ0v) is 18.7. The fraction of sp³-hybridized carbons (Fsp3) is 1.00. The molecule has 0 bridgehead atoms. The summed E-state index contributed by atoms with van der Waals surface area (Å²) in [6.07, 6.45) is -10.9. The van der Waals surface area contributed by atoms with Gasteiger partial charge in [-0.05, 0) is 0 Å². The fourth-order valence-corrected chi connectivity index (χ4v) is 2.02. The maximum atomic E-state index is 11.6. The van der Waals surface area contributed by atoms with Crippen molar-refractivity contribution in [2.75, 3.05) is 0 Å². The van der Waals surface area contributed by atoms with Crippen LogP contribution in [0.3, 0.4) is 0 Å². The SMILES string of the molecule is F[B-](F)(F)[C@@H]1C[C@H]1C(F)(F)F.F[B-](F)(F)[C@H]1C[C@@H]1C(F)(F)F.[K+].[K+]. The van der Waals surface area contributed by atoms with Crippen molar-refractivity contribution in [2.45, 2.75) is 36.8 Å². The Bertz CT molecular complexity index is 326. The maximum absolute atomic E-state index is 11.6. The van der Waals surface area contributed by atoms with E-state index in [1.54, 1.807) is 0 Å². The number of hydrogen-bond acceptors (Lipinski definition) is 0. The van der Waals surface area contributed by atoms with Gasteiger partial charge in [0.15, 0.2) is 0 Å². The number of hydrogen-bond donors (Lipinski definition) is 0. The molecule has 0 spiro atoms. The second-order valence-electron chi connectivity index (χ2n) is 5.35. The van der Waals surface area contributed by atoms with Gasteiger partial charge in [0.1, 0.15) is 0 Å². The quantitative estimate of drug-likeness (QED) is 0.411. The van der Waals surface area contributed by atoms with Crippen molar-refractivity contribution in [2.24, 2.45) is 11.8 Å². The van der Waals surface area contributed by atoms with Crippen LogP contribution in [-0.2, 0) is 0 Å². The molecule has 0 heterocycles. The van der Waals surface area contributed by atoms with E-state index in [2.05, 4.69) is 0 Å². The number of halogens is 12. The first-order valence-corrected chi connectivity index (χ1v) is 5.99. The molecule has 16 heteroatoms. The smallest absolute Gasteiger partial charge is 0.449 e.